The lowest BCUT2D eigenvalue weighted by Crippen LogP contribution is -2.42. The summed E-state index contributed by atoms with van der Waals surface area (Å²) in [6.07, 6.45) is 0. The van der Waals surface area contributed by atoms with Crippen LogP contribution in [0, 0.1) is 5.82 Å². The zero-order valence-electron chi connectivity index (χ0n) is 11.8. The molecule has 6 heteroatoms. The molecule has 0 aliphatic rings. The lowest BCUT2D eigenvalue weighted by Gasteiger charge is -2.22. The smallest absolute Gasteiger partial charge is 0.328 e. The molecule has 0 fully saturated rings. The molecule has 1 rings (SSSR count). The van der Waals surface area contributed by atoms with E-state index in [4.69, 9.17) is 4.74 Å². The van der Waals surface area contributed by atoms with Crippen molar-refractivity contribution in [3.8, 4) is 0 Å². The van der Waals surface area contributed by atoms with Crippen LogP contribution in [0.1, 0.15) is 38.1 Å². The summed E-state index contributed by atoms with van der Waals surface area (Å²) in [5.41, 5.74) is -0.504. The Morgan fingerprint density at radius 2 is 1.95 bits per heavy atom. The first-order chi connectivity index (χ1) is 9.10. The van der Waals surface area contributed by atoms with E-state index in [1.807, 2.05) is 0 Å². The van der Waals surface area contributed by atoms with Crippen molar-refractivity contribution in [2.75, 3.05) is 0 Å². The van der Waals surface area contributed by atoms with Gasteiger partial charge in [-0.1, -0.05) is 0 Å². The Balaban J connectivity index is 2.75. The number of nitrogens with one attached hydrogen (secondary N) is 1. The topological polar surface area (TPSA) is 55.4 Å². The minimum Gasteiger partial charge on any atom is -0.458 e. The van der Waals surface area contributed by atoms with Crippen molar-refractivity contribution in [3.63, 3.8) is 0 Å². The minimum absolute atomic E-state index is 0.125. The molecule has 1 atom stereocenters. The van der Waals surface area contributed by atoms with Gasteiger partial charge in [0.2, 0.25) is 0 Å². The molecule has 0 radical (unpaired) electrons. The maximum absolute atomic E-state index is 13.1. The molecule has 20 heavy (non-hydrogen) atoms. The summed E-state index contributed by atoms with van der Waals surface area (Å²) in [6, 6.07) is 2.94. The Kier molecular flexibility index (Phi) is 5.28. The monoisotopic (exact) mass is 345 g/mol. The summed E-state index contributed by atoms with van der Waals surface area (Å²) in [5.74, 6) is -1.61. The van der Waals surface area contributed by atoms with Crippen molar-refractivity contribution < 1.29 is 18.7 Å². The van der Waals surface area contributed by atoms with Gasteiger partial charge in [-0.3, -0.25) is 4.79 Å². The fourth-order valence-electron chi connectivity index (χ4n) is 1.39. The molecular weight excluding hydrogens is 329 g/mol. The van der Waals surface area contributed by atoms with Crippen molar-refractivity contribution in [2.45, 2.75) is 39.3 Å². The van der Waals surface area contributed by atoms with Gasteiger partial charge >= 0.3 is 5.97 Å². The summed E-state index contributed by atoms with van der Waals surface area (Å²) in [7, 11) is 0. The van der Waals surface area contributed by atoms with Gasteiger partial charge in [0.1, 0.15) is 17.5 Å². The fourth-order valence-corrected chi connectivity index (χ4v) is 1.82. The number of hydrogen-bond donors (Lipinski definition) is 1. The fraction of sp³-hybridized carbons (Fsp3) is 0.429. The number of carbonyl (C=O) groups is 2. The van der Waals surface area contributed by atoms with Crippen molar-refractivity contribution in [2.24, 2.45) is 0 Å². The van der Waals surface area contributed by atoms with Gasteiger partial charge in [0.25, 0.3) is 5.91 Å². The minimum atomic E-state index is -0.822. The Morgan fingerprint density at radius 1 is 1.35 bits per heavy atom. The third kappa shape index (κ3) is 4.92. The van der Waals surface area contributed by atoms with Crippen LogP contribution in [0.15, 0.2) is 22.7 Å². The maximum atomic E-state index is 13.1. The first kappa shape index (κ1) is 16.6. The first-order valence-electron chi connectivity index (χ1n) is 6.09. The van der Waals surface area contributed by atoms with E-state index in [2.05, 4.69) is 21.2 Å². The highest BCUT2D eigenvalue weighted by Crippen LogP contribution is 2.18. The predicted molar refractivity (Wildman–Crippen MR) is 76.9 cm³/mol. The van der Waals surface area contributed by atoms with Crippen LogP contribution >= 0.6 is 15.9 Å². The van der Waals surface area contributed by atoms with Crippen LogP contribution in [0.5, 0.6) is 0 Å². The van der Waals surface area contributed by atoms with Crippen molar-refractivity contribution >= 4 is 27.8 Å². The molecule has 0 spiro atoms. The van der Waals surface area contributed by atoms with Gasteiger partial charge in [-0.05, 0) is 61.8 Å². The third-order valence-corrected chi connectivity index (χ3v) is 2.97. The quantitative estimate of drug-likeness (QED) is 0.856. The molecule has 110 valence electrons. The molecule has 4 nitrogen and oxygen atoms in total. The molecule has 1 amide bonds. The SMILES string of the molecule is C[C@@H](NC(=O)c1cc(F)ccc1Br)C(=O)OC(C)(C)C. The molecule has 0 aromatic heterocycles. The standard InChI is InChI=1S/C14H17BrFNO3/c1-8(13(19)20-14(2,3)4)17-12(18)10-7-9(16)5-6-11(10)15/h5-8H,1-4H3,(H,17,18)/t8-/m1/s1. The molecule has 0 saturated carbocycles. The zero-order chi connectivity index (χ0) is 15.5. The number of amides is 1. The molecule has 0 saturated heterocycles. The molecular formula is C14H17BrFNO3. The van der Waals surface area contributed by atoms with Crippen LogP contribution < -0.4 is 5.32 Å². The highest BCUT2D eigenvalue weighted by atomic mass is 79.9. The summed E-state index contributed by atoms with van der Waals surface area (Å²) >= 11 is 3.16. The second-order valence-corrected chi connectivity index (χ2v) is 6.21. The number of halogens is 2. The van der Waals surface area contributed by atoms with E-state index >= 15 is 0 Å². The Morgan fingerprint density at radius 3 is 2.50 bits per heavy atom. The zero-order valence-corrected chi connectivity index (χ0v) is 13.4. The van der Waals surface area contributed by atoms with Gasteiger partial charge in [0.05, 0.1) is 5.56 Å². The molecule has 0 heterocycles. The Bertz CT molecular complexity index is 526. The van der Waals surface area contributed by atoms with Crippen LogP contribution in [-0.4, -0.2) is 23.5 Å². The van der Waals surface area contributed by atoms with Gasteiger partial charge in [-0.15, -0.1) is 0 Å². The van der Waals surface area contributed by atoms with Gasteiger partial charge in [0.15, 0.2) is 0 Å². The summed E-state index contributed by atoms with van der Waals surface area (Å²) in [4.78, 5) is 23.7. The number of carbonyl (C=O) groups excluding carboxylic acids is 2. The summed E-state index contributed by atoms with van der Waals surface area (Å²) in [6.45, 7) is 6.73. The van der Waals surface area contributed by atoms with Gasteiger partial charge in [0, 0.05) is 4.47 Å². The number of esters is 1. The largest absolute Gasteiger partial charge is 0.458 e. The molecule has 1 aromatic rings. The van der Waals surface area contributed by atoms with Crippen LogP contribution in [0.3, 0.4) is 0 Å². The normalized spacial score (nSPS) is 12.7. The lowest BCUT2D eigenvalue weighted by molar-refractivity contribution is -0.156. The van der Waals surface area contributed by atoms with Crippen molar-refractivity contribution in [3.05, 3.63) is 34.1 Å². The van der Waals surface area contributed by atoms with E-state index in [1.165, 1.54) is 19.1 Å². The van der Waals surface area contributed by atoms with Gasteiger partial charge in [-0.25, -0.2) is 9.18 Å². The van der Waals surface area contributed by atoms with E-state index in [0.29, 0.717) is 4.47 Å². The molecule has 1 N–H and O–H groups in total. The highest BCUT2D eigenvalue weighted by molar-refractivity contribution is 9.10. The average molecular weight is 346 g/mol. The van der Waals surface area contributed by atoms with Crippen LogP contribution in [0.25, 0.3) is 0 Å². The van der Waals surface area contributed by atoms with Gasteiger partial charge < -0.3 is 10.1 Å². The molecule has 0 aliphatic carbocycles. The Hall–Kier alpha value is -1.43. The molecule has 1 aromatic carbocycles. The number of rotatable bonds is 3. The van der Waals surface area contributed by atoms with Crippen LogP contribution in [0.2, 0.25) is 0 Å². The average Bonchev–Trinajstić information content (AvgIpc) is 2.29. The second-order valence-electron chi connectivity index (χ2n) is 5.35. The van der Waals surface area contributed by atoms with Crippen LogP contribution in [-0.2, 0) is 9.53 Å². The van der Waals surface area contributed by atoms with E-state index < -0.39 is 29.3 Å². The van der Waals surface area contributed by atoms with Crippen LogP contribution in [0.4, 0.5) is 4.39 Å². The second kappa shape index (κ2) is 6.35. The summed E-state index contributed by atoms with van der Waals surface area (Å²) in [5, 5.41) is 2.48. The predicted octanol–water partition coefficient (Wildman–Crippen LogP) is 3.05. The highest BCUT2D eigenvalue weighted by Gasteiger charge is 2.24. The van der Waals surface area contributed by atoms with E-state index in [1.54, 1.807) is 20.8 Å². The van der Waals surface area contributed by atoms with Crippen molar-refractivity contribution in [1.82, 2.24) is 5.32 Å². The summed E-state index contributed by atoms with van der Waals surface area (Å²) < 4.78 is 18.7. The Labute approximate surface area is 125 Å². The molecule has 0 unspecified atom stereocenters. The third-order valence-electron chi connectivity index (χ3n) is 2.28. The van der Waals surface area contributed by atoms with E-state index in [-0.39, 0.29) is 5.56 Å². The maximum Gasteiger partial charge on any atom is 0.328 e. The van der Waals surface area contributed by atoms with Crippen molar-refractivity contribution in [1.29, 1.82) is 0 Å². The molecule has 0 bridgehead atoms. The number of hydrogen-bond acceptors (Lipinski definition) is 3. The van der Waals surface area contributed by atoms with Gasteiger partial charge in [-0.2, -0.15) is 0 Å². The lowest BCUT2D eigenvalue weighted by atomic mass is 10.1. The molecule has 0 aliphatic heterocycles. The number of ether oxygens (including phenoxy) is 1. The van der Waals surface area contributed by atoms with E-state index in [9.17, 15) is 14.0 Å². The number of benzene rings is 1. The first-order valence-corrected chi connectivity index (χ1v) is 6.88. The van der Waals surface area contributed by atoms with E-state index in [0.717, 1.165) is 6.07 Å².